The highest BCUT2D eigenvalue weighted by Gasteiger charge is 2.41. The Kier molecular flexibility index (Phi) is 6.95. The second kappa shape index (κ2) is 7.98. The molecular formula is C14H27NO4S. The lowest BCUT2D eigenvalue weighted by Gasteiger charge is -2.18. The third kappa shape index (κ3) is 5.05. The summed E-state index contributed by atoms with van der Waals surface area (Å²) in [5, 5.41) is -0.625. The van der Waals surface area contributed by atoms with Crippen LogP contribution in [-0.2, 0) is 19.6 Å². The van der Waals surface area contributed by atoms with Gasteiger partial charge in [-0.1, -0.05) is 33.1 Å². The molecule has 0 saturated heterocycles. The number of carbonyl (C=O) groups excluding carboxylic acids is 1. The Hall–Kier alpha value is -0.620. The van der Waals surface area contributed by atoms with Crippen LogP contribution in [0.25, 0.3) is 0 Å². The fourth-order valence-electron chi connectivity index (χ4n) is 2.72. The van der Waals surface area contributed by atoms with Crippen molar-refractivity contribution in [3.05, 3.63) is 0 Å². The Morgan fingerprint density at radius 2 is 2.00 bits per heavy atom. The van der Waals surface area contributed by atoms with E-state index >= 15 is 0 Å². The predicted octanol–water partition coefficient (Wildman–Crippen LogP) is 2.07. The highest BCUT2D eigenvalue weighted by atomic mass is 32.2. The molecule has 0 aliphatic heterocycles. The van der Waals surface area contributed by atoms with Crippen LogP contribution in [0.2, 0.25) is 0 Å². The van der Waals surface area contributed by atoms with Gasteiger partial charge in [-0.05, 0) is 25.2 Å². The first-order valence-electron chi connectivity index (χ1n) is 7.44. The van der Waals surface area contributed by atoms with Crippen LogP contribution < -0.4 is 4.72 Å². The molecule has 0 aromatic heterocycles. The number of hydrogen-bond donors (Lipinski definition) is 1. The smallest absolute Gasteiger partial charge is 0.310 e. The molecule has 0 aromatic rings. The number of nitrogens with one attached hydrogen (secondary N) is 1. The lowest BCUT2D eigenvalue weighted by atomic mass is 10.1. The Morgan fingerprint density at radius 3 is 2.60 bits per heavy atom. The molecule has 6 heteroatoms. The van der Waals surface area contributed by atoms with Gasteiger partial charge in [0.2, 0.25) is 10.0 Å². The van der Waals surface area contributed by atoms with E-state index in [9.17, 15) is 13.2 Å². The van der Waals surface area contributed by atoms with Gasteiger partial charge in [-0.25, -0.2) is 13.1 Å². The van der Waals surface area contributed by atoms with Gasteiger partial charge in [0.15, 0.2) is 0 Å². The molecule has 1 N–H and O–H groups in total. The van der Waals surface area contributed by atoms with Gasteiger partial charge in [-0.3, -0.25) is 4.79 Å². The van der Waals surface area contributed by atoms with E-state index in [1.165, 1.54) is 7.11 Å². The van der Waals surface area contributed by atoms with Crippen molar-refractivity contribution in [3.8, 4) is 0 Å². The number of sulfonamides is 1. The quantitative estimate of drug-likeness (QED) is 0.550. The Morgan fingerprint density at radius 1 is 1.30 bits per heavy atom. The normalized spacial score (nSPS) is 23.2. The van der Waals surface area contributed by atoms with Crippen LogP contribution in [0.3, 0.4) is 0 Å². The highest BCUT2D eigenvalue weighted by Crippen LogP contribution is 2.31. The fraction of sp³-hybridized carbons (Fsp3) is 0.929. The summed E-state index contributed by atoms with van der Waals surface area (Å²) in [6, 6.07) is 0. The topological polar surface area (TPSA) is 72.5 Å². The van der Waals surface area contributed by atoms with Crippen molar-refractivity contribution in [2.45, 2.75) is 57.6 Å². The lowest BCUT2D eigenvalue weighted by molar-refractivity contribution is -0.145. The monoisotopic (exact) mass is 305 g/mol. The van der Waals surface area contributed by atoms with E-state index in [1.807, 2.05) is 0 Å². The molecule has 1 aliphatic rings. The number of carbonyl (C=O) groups is 1. The first kappa shape index (κ1) is 17.4. The molecule has 2 unspecified atom stereocenters. The summed E-state index contributed by atoms with van der Waals surface area (Å²) in [5.41, 5.74) is 0. The molecule has 1 fully saturated rings. The maximum Gasteiger partial charge on any atom is 0.310 e. The van der Waals surface area contributed by atoms with Crippen molar-refractivity contribution in [2.75, 3.05) is 13.7 Å². The molecule has 20 heavy (non-hydrogen) atoms. The summed E-state index contributed by atoms with van der Waals surface area (Å²) in [4.78, 5) is 11.6. The second-order valence-electron chi connectivity index (χ2n) is 5.93. The average Bonchev–Trinajstić information content (AvgIpc) is 2.87. The molecule has 1 rings (SSSR count). The van der Waals surface area contributed by atoms with E-state index < -0.39 is 27.2 Å². The van der Waals surface area contributed by atoms with Crippen LogP contribution in [-0.4, -0.2) is 33.3 Å². The highest BCUT2D eigenvalue weighted by molar-refractivity contribution is 7.90. The average molecular weight is 305 g/mol. The van der Waals surface area contributed by atoms with Crippen molar-refractivity contribution >= 4 is 16.0 Å². The molecule has 0 bridgehead atoms. The molecule has 0 aromatic carbocycles. The van der Waals surface area contributed by atoms with Crippen LogP contribution in [0.5, 0.6) is 0 Å². The zero-order valence-electron chi connectivity index (χ0n) is 12.7. The number of esters is 1. The molecule has 0 radical (unpaired) electrons. The second-order valence-corrected chi connectivity index (χ2v) is 7.91. The van der Waals surface area contributed by atoms with Crippen molar-refractivity contribution in [3.63, 3.8) is 0 Å². The van der Waals surface area contributed by atoms with Gasteiger partial charge in [0.1, 0.15) is 0 Å². The summed E-state index contributed by atoms with van der Waals surface area (Å²) >= 11 is 0. The van der Waals surface area contributed by atoms with Crippen LogP contribution in [0.1, 0.15) is 52.4 Å². The third-order valence-electron chi connectivity index (χ3n) is 3.87. The number of methoxy groups -OCH3 is 1. The van der Waals surface area contributed by atoms with Crippen LogP contribution in [0, 0.1) is 11.8 Å². The number of hydrogen-bond acceptors (Lipinski definition) is 4. The molecule has 1 saturated carbocycles. The largest absolute Gasteiger partial charge is 0.469 e. The van der Waals surface area contributed by atoms with Crippen LogP contribution >= 0.6 is 0 Å². The first-order valence-corrected chi connectivity index (χ1v) is 8.99. The van der Waals surface area contributed by atoms with Gasteiger partial charge in [0, 0.05) is 6.54 Å². The molecule has 118 valence electrons. The molecule has 0 heterocycles. The van der Waals surface area contributed by atoms with Gasteiger partial charge >= 0.3 is 5.97 Å². The zero-order chi connectivity index (χ0) is 15.2. The Bertz CT molecular complexity index is 405. The summed E-state index contributed by atoms with van der Waals surface area (Å²) in [7, 11) is -2.11. The van der Waals surface area contributed by atoms with E-state index in [2.05, 4.69) is 18.6 Å². The molecule has 0 amide bonds. The van der Waals surface area contributed by atoms with Crippen LogP contribution in [0.4, 0.5) is 0 Å². The van der Waals surface area contributed by atoms with Gasteiger partial charge in [-0.2, -0.15) is 0 Å². The number of rotatable bonds is 8. The number of unbranched alkanes of at least 4 members (excludes halogenated alkanes) is 1. The Balaban J connectivity index is 2.45. The zero-order valence-corrected chi connectivity index (χ0v) is 13.5. The van der Waals surface area contributed by atoms with Crippen molar-refractivity contribution in [2.24, 2.45) is 11.8 Å². The number of ether oxygens (including phenoxy) is 1. The van der Waals surface area contributed by atoms with E-state index in [1.54, 1.807) is 0 Å². The predicted molar refractivity (Wildman–Crippen MR) is 78.8 cm³/mol. The minimum Gasteiger partial charge on any atom is -0.469 e. The minimum atomic E-state index is -3.42. The molecule has 2 atom stereocenters. The van der Waals surface area contributed by atoms with E-state index in [4.69, 9.17) is 4.74 Å². The van der Waals surface area contributed by atoms with Gasteiger partial charge in [0.05, 0.1) is 18.3 Å². The first-order chi connectivity index (χ1) is 9.38. The van der Waals surface area contributed by atoms with Crippen molar-refractivity contribution in [1.82, 2.24) is 4.72 Å². The fourth-order valence-corrected chi connectivity index (χ4v) is 4.52. The maximum atomic E-state index is 12.2. The molecule has 5 nitrogen and oxygen atoms in total. The van der Waals surface area contributed by atoms with E-state index in [-0.39, 0.29) is 0 Å². The van der Waals surface area contributed by atoms with Crippen molar-refractivity contribution < 1.29 is 17.9 Å². The molecule has 1 aliphatic carbocycles. The molecule has 0 spiro atoms. The van der Waals surface area contributed by atoms with Crippen molar-refractivity contribution in [1.29, 1.82) is 0 Å². The maximum absolute atomic E-state index is 12.2. The summed E-state index contributed by atoms with van der Waals surface area (Å²) in [6.07, 6.45) is 4.87. The third-order valence-corrected chi connectivity index (χ3v) is 5.83. The standard InChI is InChI=1S/C14H27NO4S/c1-11(2)7-4-5-10-15-20(17,18)13-9-6-8-12(13)14(16)19-3/h11-13,15H,4-10H2,1-3H3. The summed E-state index contributed by atoms with van der Waals surface area (Å²) in [5.74, 6) is -0.268. The summed E-state index contributed by atoms with van der Waals surface area (Å²) < 4.78 is 31.8. The molecular weight excluding hydrogens is 278 g/mol. The van der Waals surface area contributed by atoms with Gasteiger partial charge in [-0.15, -0.1) is 0 Å². The van der Waals surface area contributed by atoms with Gasteiger partial charge in [0.25, 0.3) is 0 Å². The Labute approximate surface area is 122 Å². The summed E-state index contributed by atoms with van der Waals surface area (Å²) in [6.45, 7) is 4.77. The lowest BCUT2D eigenvalue weighted by Crippen LogP contribution is -2.39. The SMILES string of the molecule is COC(=O)C1CCCC1S(=O)(=O)NCCCCC(C)C. The van der Waals surface area contributed by atoms with E-state index in [0.717, 1.165) is 25.7 Å². The van der Waals surface area contributed by atoms with Crippen LogP contribution in [0.15, 0.2) is 0 Å². The minimum absolute atomic E-state index is 0.405. The van der Waals surface area contributed by atoms with E-state index in [0.29, 0.717) is 25.3 Å². The van der Waals surface area contributed by atoms with Gasteiger partial charge < -0.3 is 4.74 Å².